The van der Waals surface area contributed by atoms with E-state index in [2.05, 4.69) is 4.98 Å². The molecule has 1 aliphatic heterocycles. The fourth-order valence-electron chi connectivity index (χ4n) is 4.19. The van der Waals surface area contributed by atoms with E-state index in [0.29, 0.717) is 38.1 Å². The molecule has 0 radical (unpaired) electrons. The molecule has 156 valence electrons. The first-order chi connectivity index (χ1) is 15.5. The van der Waals surface area contributed by atoms with Gasteiger partial charge in [-0.3, -0.25) is 9.59 Å². The average molecular weight is 423 g/mol. The second-order valence-electron chi connectivity index (χ2n) is 7.36. The zero-order valence-corrected chi connectivity index (χ0v) is 17.1. The van der Waals surface area contributed by atoms with Gasteiger partial charge < -0.3 is 9.84 Å². The van der Waals surface area contributed by atoms with Crippen molar-refractivity contribution in [1.29, 1.82) is 0 Å². The van der Waals surface area contributed by atoms with Gasteiger partial charge in [0.25, 0.3) is 5.56 Å². The summed E-state index contributed by atoms with van der Waals surface area (Å²) in [5, 5.41) is 12.4. The van der Waals surface area contributed by atoms with E-state index in [1.165, 1.54) is 0 Å². The van der Waals surface area contributed by atoms with Crippen molar-refractivity contribution in [2.75, 3.05) is 6.61 Å². The number of hydrogen-bond donors (Lipinski definition) is 1. The minimum absolute atomic E-state index is 0.0785. The third-order valence-corrected chi connectivity index (χ3v) is 5.57. The molecular weight excluding hydrogens is 406 g/mol. The molecular formula is C26H17NO5. The highest BCUT2D eigenvalue weighted by Gasteiger charge is 2.28. The zero-order chi connectivity index (χ0) is 22.4. The summed E-state index contributed by atoms with van der Waals surface area (Å²) >= 11 is 0. The van der Waals surface area contributed by atoms with Crippen molar-refractivity contribution >= 4 is 33.4 Å². The molecule has 32 heavy (non-hydrogen) atoms. The van der Waals surface area contributed by atoms with E-state index in [-0.39, 0.29) is 28.9 Å². The highest BCUT2D eigenvalue weighted by atomic mass is 16.5. The first kappa shape index (κ1) is 19.6. The molecule has 6 heteroatoms. The largest absolute Gasteiger partial charge is 0.507 e. The number of pyridine rings is 1. The molecule has 0 bridgehead atoms. The molecule has 0 saturated carbocycles. The molecule has 2 aliphatic rings. The molecule has 0 aromatic heterocycles. The zero-order valence-electron chi connectivity index (χ0n) is 17.1. The fourth-order valence-corrected chi connectivity index (χ4v) is 4.19. The van der Waals surface area contributed by atoms with Crippen LogP contribution < -0.4 is 16.2 Å². The Morgan fingerprint density at radius 3 is 2.28 bits per heavy atom. The third kappa shape index (κ3) is 2.80. The Labute approximate surface area is 181 Å². The monoisotopic (exact) mass is 423 g/mol. The van der Waals surface area contributed by atoms with Gasteiger partial charge in [0.2, 0.25) is 0 Å². The van der Waals surface area contributed by atoms with E-state index in [1.807, 2.05) is 6.07 Å². The molecule has 0 unspecified atom stereocenters. The predicted molar refractivity (Wildman–Crippen MR) is 122 cm³/mol. The Hall–Kier alpha value is -4.32. The van der Waals surface area contributed by atoms with Crippen molar-refractivity contribution in [1.82, 2.24) is 4.98 Å². The normalized spacial score (nSPS) is 12.4. The predicted octanol–water partition coefficient (Wildman–Crippen LogP) is 3.26. The third-order valence-electron chi connectivity index (χ3n) is 5.57. The van der Waals surface area contributed by atoms with Crippen LogP contribution in [-0.2, 0) is 4.74 Å². The van der Waals surface area contributed by atoms with Crippen molar-refractivity contribution in [3.8, 4) is 11.1 Å². The lowest BCUT2D eigenvalue weighted by Crippen LogP contribution is -2.27. The molecule has 0 atom stereocenters. The molecule has 5 rings (SSSR count). The highest BCUT2D eigenvalue weighted by molar-refractivity contribution is 6.16. The van der Waals surface area contributed by atoms with Crippen LogP contribution in [-0.4, -0.2) is 22.7 Å². The molecule has 0 spiro atoms. The number of esters is 1. The maximum Gasteiger partial charge on any atom is 0.344 e. The van der Waals surface area contributed by atoms with Crippen LogP contribution in [0, 0.1) is 0 Å². The first-order valence-electron chi connectivity index (χ1n) is 10.1. The van der Waals surface area contributed by atoms with Gasteiger partial charge in [-0.25, -0.2) is 9.78 Å². The van der Waals surface area contributed by atoms with Gasteiger partial charge in [0.15, 0.2) is 5.43 Å². The molecule has 3 aromatic rings. The fraction of sp³-hybridized carbons (Fsp3) is 0.0769. The second kappa shape index (κ2) is 7.42. The summed E-state index contributed by atoms with van der Waals surface area (Å²) in [5.41, 5.74) is 0.156. The standard InChI is InChI=1S/C26H17NO5/c1-2-32-26(31)21-19-15-10-6-7-11-16(15)24(29)17-12-13-18(22(20(17)19)27-25(21)30)23(28)14-8-4-3-5-9-14/h3-13,28H,2H2,1H3. The lowest BCUT2D eigenvalue weighted by atomic mass is 9.87. The molecule has 0 saturated heterocycles. The van der Waals surface area contributed by atoms with Gasteiger partial charge in [-0.2, -0.15) is 0 Å². The average Bonchev–Trinajstić information content (AvgIpc) is 2.82. The molecule has 1 aliphatic carbocycles. The van der Waals surface area contributed by atoms with Gasteiger partial charge in [0, 0.05) is 32.7 Å². The number of rotatable bonds is 3. The number of aromatic nitrogens is 1. The summed E-state index contributed by atoms with van der Waals surface area (Å²) < 4.78 is 5.13. The number of fused-ring (bicyclic) bond motifs is 2. The number of carbonyl (C=O) groups excluding carboxylic acids is 1. The summed E-state index contributed by atoms with van der Waals surface area (Å²) in [4.78, 5) is 43.2. The van der Waals surface area contributed by atoms with Crippen LogP contribution in [0.4, 0.5) is 0 Å². The van der Waals surface area contributed by atoms with Crippen molar-refractivity contribution in [2.45, 2.75) is 6.92 Å². The van der Waals surface area contributed by atoms with Crippen LogP contribution in [0.15, 0.2) is 76.3 Å². The van der Waals surface area contributed by atoms with Gasteiger partial charge in [-0.1, -0.05) is 54.6 Å². The topological polar surface area (TPSA) is 93.6 Å². The minimum atomic E-state index is -0.793. The minimum Gasteiger partial charge on any atom is -0.507 e. The maximum absolute atomic E-state index is 13.2. The number of nitrogens with zero attached hydrogens (tertiary/aromatic N) is 1. The van der Waals surface area contributed by atoms with Gasteiger partial charge in [-0.05, 0) is 24.4 Å². The van der Waals surface area contributed by atoms with Crippen LogP contribution in [0.2, 0.25) is 0 Å². The van der Waals surface area contributed by atoms with Gasteiger partial charge >= 0.3 is 5.97 Å². The van der Waals surface area contributed by atoms with Gasteiger partial charge in [-0.15, -0.1) is 0 Å². The summed E-state index contributed by atoms with van der Waals surface area (Å²) in [7, 11) is 0. The van der Waals surface area contributed by atoms with Crippen LogP contribution >= 0.6 is 0 Å². The van der Waals surface area contributed by atoms with Crippen LogP contribution in [0.5, 0.6) is 0 Å². The van der Waals surface area contributed by atoms with Crippen LogP contribution in [0.25, 0.3) is 38.6 Å². The van der Waals surface area contributed by atoms with Crippen molar-refractivity contribution in [3.05, 3.63) is 104 Å². The molecule has 1 heterocycles. The number of aliphatic hydroxyl groups is 1. The van der Waals surface area contributed by atoms with Crippen LogP contribution in [0.1, 0.15) is 22.8 Å². The first-order valence-corrected chi connectivity index (χ1v) is 10.1. The summed E-state index contributed by atoms with van der Waals surface area (Å²) in [6, 6.07) is 18.8. The molecule has 0 amide bonds. The van der Waals surface area contributed by atoms with Crippen molar-refractivity contribution in [2.24, 2.45) is 0 Å². The summed E-state index contributed by atoms with van der Waals surface area (Å²) in [6.45, 7) is 1.74. The number of hydrogen-bond acceptors (Lipinski definition) is 6. The Morgan fingerprint density at radius 2 is 1.56 bits per heavy atom. The highest BCUT2D eigenvalue weighted by Crippen LogP contribution is 2.36. The lowest BCUT2D eigenvalue weighted by Gasteiger charge is -2.17. The Balaban J connectivity index is 2.06. The van der Waals surface area contributed by atoms with Crippen LogP contribution in [0.3, 0.4) is 0 Å². The van der Waals surface area contributed by atoms with Gasteiger partial charge in [0.1, 0.15) is 11.3 Å². The molecule has 6 nitrogen and oxygen atoms in total. The Kier molecular flexibility index (Phi) is 4.56. The quantitative estimate of drug-likeness (QED) is 0.272. The number of carbonyl (C=O) groups is 1. The second-order valence-corrected chi connectivity index (χ2v) is 7.36. The number of ether oxygens (including phenoxy) is 1. The van der Waals surface area contributed by atoms with Crippen molar-refractivity contribution in [3.63, 3.8) is 0 Å². The SMILES string of the molecule is CCOC(=O)c1c2c3ccccc3c(=O)c3ccc(=C(O)c4ccccc4)c(nc1=O)c3-2. The summed E-state index contributed by atoms with van der Waals surface area (Å²) in [6.07, 6.45) is 0. The van der Waals surface area contributed by atoms with E-state index >= 15 is 0 Å². The van der Waals surface area contributed by atoms with E-state index in [1.54, 1.807) is 67.6 Å². The molecule has 3 aromatic carbocycles. The summed E-state index contributed by atoms with van der Waals surface area (Å²) in [5.74, 6) is -0.871. The number of aliphatic hydroxyl groups excluding tert-OH is 1. The van der Waals surface area contributed by atoms with E-state index < -0.39 is 11.5 Å². The van der Waals surface area contributed by atoms with E-state index in [0.717, 1.165) is 0 Å². The lowest BCUT2D eigenvalue weighted by molar-refractivity contribution is 0.0525. The van der Waals surface area contributed by atoms with Crippen molar-refractivity contribution < 1.29 is 14.6 Å². The van der Waals surface area contributed by atoms with E-state index in [4.69, 9.17) is 4.74 Å². The van der Waals surface area contributed by atoms with Gasteiger partial charge in [0.05, 0.1) is 12.1 Å². The Bertz CT molecular complexity index is 1640. The molecule has 0 fully saturated rings. The number of benzene rings is 4. The van der Waals surface area contributed by atoms with E-state index in [9.17, 15) is 19.5 Å². The molecule has 1 N–H and O–H groups in total. The maximum atomic E-state index is 13.2. The Morgan fingerprint density at radius 1 is 0.875 bits per heavy atom. The smallest absolute Gasteiger partial charge is 0.344 e.